The predicted octanol–water partition coefficient (Wildman–Crippen LogP) is 1.96. The van der Waals surface area contributed by atoms with Crippen LogP contribution >= 0.6 is 0 Å². The predicted molar refractivity (Wildman–Crippen MR) is 119 cm³/mol. The van der Waals surface area contributed by atoms with Gasteiger partial charge in [0, 0.05) is 41.9 Å². The number of hydrogen-bond acceptors (Lipinski definition) is 10. The van der Waals surface area contributed by atoms with Gasteiger partial charge in [-0.05, 0) is 13.0 Å². The Hall–Kier alpha value is -5.05. The van der Waals surface area contributed by atoms with E-state index in [2.05, 4.69) is 11.9 Å². The van der Waals surface area contributed by atoms with Gasteiger partial charge in [0.25, 0.3) is 17.1 Å². The fourth-order valence-electron chi connectivity index (χ4n) is 3.12. The van der Waals surface area contributed by atoms with Gasteiger partial charge in [-0.25, -0.2) is 4.79 Å². The van der Waals surface area contributed by atoms with Crippen molar-refractivity contribution in [2.45, 2.75) is 6.92 Å². The van der Waals surface area contributed by atoms with Crippen LogP contribution in [0, 0.1) is 30.3 Å². The molecule has 0 bridgehead atoms. The number of carbonyl (C=O) groups is 3. The SMILES string of the molecule is C=C(C)C(=O)NCCN.O=C(O)c1cc2c(c([N+](=O)[O-])c1)-c1c(cc([N+](=O)[O-])cc1[N+](=O)[O-])C2=O. The van der Waals surface area contributed by atoms with E-state index >= 15 is 0 Å². The summed E-state index contributed by atoms with van der Waals surface area (Å²) in [4.78, 5) is 65.0. The third-order valence-electron chi connectivity index (χ3n) is 4.63. The second-order valence-electron chi connectivity index (χ2n) is 7.04. The smallest absolute Gasteiger partial charge is 0.335 e. The van der Waals surface area contributed by atoms with Crippen LogP contribution in [-0.4, -0.2) is 50.6 Å². The lowest BCUT2D eigenvalue weighted by molar-refractivity contribution is -0.394. The van der Waals surface area contributed by atoms with E-state index in [0.29, 0.717) is 30.8 Å². The molecule has 0 saturated carbocycles. The number of nitrogens with two attached hydrogens (primary N) is 1. The van der Waals surface area contributed by atoms with E-state index < -0.39 is 71.4 Å². The van der Waals surface area contributed by atoms with Crippen molar-refractivity contribution in [2.75, 3.05) is 13.1 Å². The van der Waals surface area contributed by atoms with Crippen LogP contribution in [0.3, 0.4) is 0 Å². The lowest BCUT2D eigenvalue weighted by Gasteiger charge is -2.04. The molecular formula is C20H17N5O10. The summed E-state index contributed by atoms with van der Waals surface area (Å²) in [5.41, 5.74) is 0.909. The maximum absolute atomic E-state index is 12.5. The number of benzene rings is 2. The number of nitro benzene ring substituents is 3. The maximum atomic E-state index is 12.5. The second kappa shape index (κ2) is 10.3. The Morgan fingerprint density at radius 2 is 1.49 bits per heavy atom. The molecule has 0 heterocycles. The molecule has 1 aliphatic rings. The standard InChI is InChI=1S/C14H5N3O9.C6H12N2O/c18-13-7-1-5(14(19)20)2-9(16(23)24)11(7)12-8(13)3-6(15(21)22)4-10(12)17(25)26;1-5(2)6(9)8-4-3-7/h1-4H,(H,19,20);1,3-4,7H2,2H3,(H,8,9). The molecule has 4 N–H and O–H groups in total. The third-order valence-corrected chi connectivity index (χ3v) is 4.63. The van der Waals surface area contributed by atoms with E-state index in [0.717, 1.165) is 12.1 Å². The van der Waals surface area contributed by atoms with Crippen molar-refractivity contribution in [3.8, 4) is 11.1 Å². The molecule has 2 aromatic carbocycles. The van der Waals surface area contributed by atoms with Crippen molar-refractivity contribution in [1.29, 1.82) is 0 Å². The number of fused-ring (bicyclic) bond motifs is 3. The summed E-state index contributed by atoms with van der Waals surface area (Å²) in [5.74, 6) is -2.63. The van der Waals surface area contributed by atoms with Gasteiger partial charge in [0.15, 0.2) is 5.78 Å². The number of rotatable bonds is 7. The quantitative estimate of drug-likeness (QED) is 0.247. The van der Waals surface area contributed by atoms with E-state index in [4.69, 9.17) is 10.8 Å². The molecule has 15 nitrogen and oxygen atoms in total. The molecule has 15 heteroatoms. The van der Waals surface area contributed by atoms with Crippen LogP contribution in [-0.2, 0) is 4.79 Å². The first-order valence-corrected chi connectivity index (χ1v) is 9.53. The number of amides is 1. The number of carboxylic acids is 1. The molecule has 2 aromatic rings. The van der Waals surface area contributed by atoms with Gasteiger partial charge in [-0.15, -0.1) is 0 Å². The molecule has 0 radical (unpaired) electrons. The molecule has 0 atom stereocenters. The molecule has 1 aliphatic carbocycles. The van der Waals surface area contributed by atoms with Gasteiger partial charge in [-0.1, -0.05) is 6.58 Å². The van der Waals surface area contributed by atoms with Crippen LogP contribution in [0.1, 0.15) is 33.2 Å². The Balaban J connectivity index is 0.000000410. The summed E-state index contributed by atoms with van der Waals surface area (Å²) in [6.45, 7) is 6.10. The van der Waals surface area contributed by atoms with Gasteiger partial charge in [-0.3, -0.25) is 39.9 Å². The van der Waals surface area contributed by atoms with E-state index in [1.165, 1.54) is 0 Å². The molecule has 35 heavy (non-hydrogen) atoms. The lowest BCUT2D eigenvalue weighted by Crippen LogP contribution is -2.29. The highest BCUT2D eigenvalue weighted by Gasteiger charge is 2.41. The van der Waals surface area contributed by atoms with E-state index in [9.17, 15) is 44.7 Å². The zero-order valence-corrected chi connectivity index (χ0v) is 18.0. The van der Waals surface area contributed by atoms with Crippen LogP contribution in [0.25, 0.3) is 11.1 Å². The van der Waals surface area contributed by atoms with Gasteiger partial charge in [0.05, 0.1) is 37.5 Å². The Kier molecular flexibility index (Phi) is 7.68. The second-order valence-corrected chi connectivity index (χ2v) is 7.04. The Morgan fingerprint density at radius 3 is 1.91 bits per heavy atom. The number of aromatic carboxylic acids is 1. The minimum Gasteiger partial charge on any atom is -0.478 e. The van der Waals surface area contributed by atoms with Crippen LogP contribution in [0.2, 0.25) is 0 Å². The highest BCUT2D eigenvalue weighted by Crippen LogP contribution is 2.48. The normalized spacial score (nSPS) is 10.9. The van der Waals surface area contributed by atoms with Crippen molar-refractivity contribution < 1.29 is 34.3 Å². The highest BCUT2D eigenvalue weighted by molar-refractivity contribution is 6.25. The van der Waals surface area contributed by atoms with Gasteiger partial charge in [0.2, 0.25) is 5.91 Å². The van der Waals surface area contributed by atoms with Crippen molar-refractivity contribution in [1.82, 2.24) is 5.32 Å². The maximum Gasteiger partial charge on any atom is 0.335 e. The Bertz CT molecular complexity index is 1230. The number of carboxylic acid groups (broad SMARTS) is 1. The summed E-state index contributed by atoms with van der Waals surface area (Å²) in [6, 6.07) is 2.89. The number of ketones is 1. The first-order valence-electron chi connectivity index (χ1n) is 9.53. The van der Waals surface area contributed by atoms with Gasteiger partial charge in [0.1, 0.15) is 0 Å². The van der Waals surface area contributed by atoms with Crippen LogP contribution in [0.4, 0.5) is 17.1 Å². The highest BCUT2D eigenvalue weighted by atomic mass is 16.6. The van der Waals surface area contributed by atoms with Crippen LogP contribution in [0.5, 0.6) is 0 Å². The molecule has 182 valence electrons. The lowest BCUT2D eigenvalue weighted by atomic mass is 9.99. The summed E-state index contributed by atoms with van der Waals surface area (Å²) in [7, 11) is 0. The van der Waals surface area contributed by atoms with Gasteiger partial charge < -0.3 is 16.2 Å². The van der Waals surface area contributed by atoms with Crippen molar-refractivity contribution in [3.05, 3.63) is 83.5 Å². The summed E-state index contributed by atoms with van der Waals surface area (Å²) >= 11 is 0. The number of nitro groups is 3. The topological polar surface area (TPSA) is 239 Å². The number of nitrogens with one attached hydrogen (secondary N) is 1. The summed E-state index contributed by atoms with van der Waals surface area (Å²) in [6.07, 6.45) is 0. The molecular weight excluding hydrogens is 470 g/mol. The molecule has 0 aromatic heterocycles. The van der Waals surface area contributed by atoms with Gasteiger partial charge in [-0.2, -0.15) is 0 Å². The first-order chi connectivity index (χ1) is 16.3. The third kappa shape index (κ3) is 5.31. The Labute approximate surface area is 195 Å². The van der Waals surface area contributed by atoms with E-state index in [1.54, 1.807) is 6.92 Å². The number of hydrogen-bond donors (Lipinski definition) is 3. The summed E-state index contributed by atoms with van der Waals surface area (Å²) < 4.78 is 0. The van der Waals surface area contributed by atoms with E-state index in [1.807, 2.05) is 0 Å². The number of carbonyl (C=O) groups excluding carboxylic acids is 2. The van der Waals surface area contributed by atoms with Crippen LogP contribution < -0.4 is 11.1 Å². The molecule has 0 unspecified atom stereocenters. The Morgan fingerprint density at radius 1 is 0.971 bits per heavy atom. The molecule has 1 amide bonds. The summed E-state index contributed by atoms with van der Waals surface area (Å²) in [5, 5.41) is 45.2. The van der Waals surface area contributed by atoms with Crippen molar-refractivity contribution >= 4 is 34.7 Å². The average molecular weight is 487 g/mol. The number of non-ortho nitro benzene ring substituents is 1. The van der Waals surface area contributed by atoms with Gasteiger partial charge >= 0.3 is 5.97 Å². The molecule has 0 fully saturated rings. The number of nitrogens with zero attached hydrogens (tertiary/aromatic N) is 3. The first kappa shape index (κ1) is 26.2. The molecule has 0 spiro atoms. The van der Waals surface area contributed by atoms with E-state index in [-0.39, 0.29) is 5.91 Å². The fourth-order valence-corrected chi connectivity index (χ4v) is 3.12. The minimum atomic E-state index is -1.54. The minimum absolute atomic E-state index is 0.125. The zero-order chi connectivity index (χ0) is 26.6. The van der Waals surface area contributed by atoms with Crippen LogP contribution in [0.15, 0.2) is 36.4 Å². The molecule has 3 rings (SSSR count). The van der Waals surface area contributed by atoms with Crippen molar-refractivity contribution in [2.24, 2.45) is 5.73 Å². The largest absolute Gasteiger partial charge is 0.478 e. The zero-order valence-electron chi connectivity index (χ0n) is 18.0. The monoisotopic (exact) mass is 487 g/mol. The molecule has 0 saturated heterocycles. The average Bonchev–Trinajstić information content (AvgIpc) is 3.08. The molecule has 0 aliphatic heterocycles. The fraction of sp³-hybridized carbons (Fsp3) is 0.150. The van der Waals surface area contributed by atoms with Crippen molar-refractivity contribution in [3.63, 3.8) is 0 Å².